The number of carbonyl (C=O) groups excluding carboxylic acids is 2. The molecule has 1 saturated heterocycles. The third-order valence-corrected chi connectivity index (χ3v) is 12.4. The fourth-order valence-corrected chi connectivity index (χ4v) is 8.79. The van der Waals surface area contributed by atoms with Crippen LogP contribution in [0.15, 0.2) is 83.1 Å². The SMILES string of the molecule is CC[C@H](C)[C@@H](C(=O)N[C@@H](Cc1ccccc1)[C@H](O)CN(CC1CCCC1)S(=O)(=O)c1ccc(C=NO)cc1)N1CCN(Cc2cnccc2C)C1=O. The number of nitrogens with one attached hydrogen (secondary N) is 1. The van der Waals surface area contributed by atoms with Crippen molar-refractivity contribution >= 4 is 28.2 Å². The van der Waals surface area contributed by atoms with Crippen molar-refractivity contribution in [3.8, 4) is 0 Å². The van der Waals surface area contributed by atoms with Gasteiger partial charge in [0.2, 0.25) is 15.9 Å². The van der Waals surface area contributed by atoms with Gasteiger partial charge in [0.15, 0.2) is 0 Å². The van der Waals surface area contributed by atoms with E-state index in [0.29, 0.717) is 31.6 Å². The molecule has 1 saturated carbocycles. The lowest BCUT2D eigenvalue weighted by atomic mass is 9.95. The van der Waals surface area contributed by atoms with Crippen molar-refractivity contribution < 1.29 is 28.3 Å². The van der Waals surface area contributed by atoms with Crippen molar-refractivity contribution in [2.24, 2.45) is 17.0 Å². The number of aromatic nitrogens is 1. The Morgan fingerprint density at radius 1 is 1.10 bits per heavy atom. The Labute approximate surface area is 307 Å². The average Bonchev–Trinajstić information content (AvgIpc) is 3.79. The number of nitrogens with zero attached hydrogens (tertiary/aromatic N) is 5. The van der Waals surface area contributed by atoms with E-state index in [1.165, 1.54) is 22.7 Å². The van der Waals surface area contributed by atoms with Crippen LogP contribution in [0.2, 0.25) is 0 Å². The van der Waals surface area contributed by atoms with Gasteiger partial charge in [0, 0.05) is 45.1 Å². The topological polar surface area (TPSA) is 156 Å². The molecule has 0 bridgehead atoms. The zero-order chi connectivity index (χ0) is 37.3. The molecule has 12 nitrogen and oxygen atoms in total. The molecule has 2 aromatic carbocycles. The summed E-state index contributed by atoms with van der Waals surface area (Å²) in [4.78, 5) is 35.8. The van der Waals surface area contributed by atoms with Gasteiger partial charge in [-0.3, -0.25) is 9.78 Å². The summed E-state index contributed by atoms with van der Waals surface area (Å²) in [5, 5.41) is 27.0. The summed E-state index contributed by atoms with van der Waals surface area (Å²) in [6.07, 6.45) is 8.18. The predicted molar refractivity (Wildman–Crippen MR) is 199 cm³/mol. The third-order valence-electron chi connectivity index (χ3n) is 10.6. The normalized spacial score (nSPS) is 17.9. The molecule has 0 unspecified atom stereocenters. The molecule has 3 amide bonds. The van der Waals surface area contributed by atoms with Crippen LogP contribution in [0.3, 0.4) is 0 Å². The highest BCUT2D eigenvalue weighted by molar-refractivity contribution is 7.89. The van der Waals surface area contributed by atoms with Crippen LogP contribution in [0.4, 0.5) is 4.79 Å². The molecule has 13 heteroatoms. The summed E-state index contributed by atoms with van der Waals surface area (Å²) < 4.78 is 29.6. The van der Waals surface area contributed by atoms with Crippen LogP contribution in [-0.2, 0) is 27.8 Å². The molecule has 1 aliphatic carbocycles. The van der Waals surface area contributed by atoms with Crippen molar-refractivity contribution in [3.63, 3.8) is 0 Å². The van der Waals surface area contributed by atoms with E-state index in [9.17, 15) is 23.1 Å². The number of amides is 3. The molecule has 3 aromatic rings. The average molecular weight is 733 g/mol. The summed E-state index contributed by atoms with van der Waals surface area (Å²) in [6, 6.07) is 15.6. The highest BCUT2D eigenvalue weighted by atomic mass is 32.2. The molecule has 0 spiro atoms. The number of hydrogen-bond acceptors (Lipinski definition) is 8. The molecule has 2 fully saturated rings. The van der Waals surface area contributed by atoms with Gasteiger partial charge in [-0.05, 0) is 78.5 Å². The monoisotopic (exact) mass is 732 g/mol. The number of aliphatic hydroxyl groups is 1. The zero-order valence-electron chi connectivity index (χ0n) is 30.3. The number of sulfonamides is 1. The van der Waals surface area contributed by atoms with Gasteiger partial charge in [-0.15, -0.1) is 0 Å². The fourth-order valence-electron chi connectivity index (χ4n) is 7.25. The second-order valence-electron chi connectivity index (χ2n) is 14.2. The number of benzene rings is 2. The van der Waals surface area contributed by atoms with Crippen LogP contribution in [0.5, 0.6) is 0 Å². The van der Waals surface area contributed by atoms with Gasteiger partial charge in [0.1, 0.15) is 6.04 Å². The number of carbonyl (C=O) groups is 2. The Hall–Kier alpha value is -4.33. The number of hydrogen-bond donors (Lipinski definition) is 3. The first-order valence-electron chi connectivity index (χ1n) is 18.3. The lowest BCUT2D eigenvalue weighted by Crippen LogP contribution is -2.57. The lowest BCUT2D eigenvalue weighted by molar-refractivity contribution is -0.128. The van der Waals surface area contributed by atoms with E-state index in [1.54, 1.807) is 34.3 Å². The molecule has 5 rings (SSSR count). The molecule has 0 radical (unpaired) electrons. The molecular weight excluding hydrogens is 681 g/mol. The number of rotatable bonds is 17. The summed E-state index contributed by atoms with van der Waals surface area (Å²) in [5.74, 6) is -0.413. The molecule has 4 atom stereocenters. The number of urea groups is 1. The number of aryl methyl sites for hydroxylation is 1. The minimum atomic E-state index is -4.05. The van der Waals surface area contributed by atoms with E-state index in [4.69, 9.17) is 5.21 Å². The predicted octanol–water partition coefficient (Wildman–Crippen LogP) is 4.82. The minimum Gasteiger partial charge on any atom is -0.411 e. The molecule has 1 aliphatic heterocycles. The Balaban J connectivity index is 1.40. The zero-order valence-corrected chi connectivity index (χ0v) is 31.2. The quantitative estimate of drug-likeness (QED) is 0.102. The highest BCUT2D eigenvalue weighted by Crippen LogP contribution is 2.29. The van der Waals surface area contributed by atoms with E-state index >= 15 is 0 Å². The van der Waals surface area contributed by atoms with Crippen molar-refractivity contribution in [3.05, 3.63) is 95.3 Å². The van der Waals surface area contributed by atoms with Gasteiger partial charge in [0.25, 0.3) is 0 Å². The Morgan fingerprint density at radius 3 is 2.46 bits per heavy atom. The number of aliphatic hydroxyl groups excluding tert-OH is 1. The number of oxime groups is 1. The molecule has 280 valence electrons. The molecule has 2 aliphatic rings. The first-order valence-corrected chi connectivity index (χ1v) is 19.7. The summed E-state index contributed by atoms with van der Waals surface area (Å²) >= 11 is 0. The third kappa shape index (κ3) is 9.55. The fraction of sp³-hybridized carbons (Fsp3) is 0.487. The minimum absolute atomic E-state index is 0.0619. The van der Waals surface area contributed by atoms with Gasteiger partial charge in [-0.1, -0.05) is 80.7 Å². The van der Waals surface area contributed by atoms with E-state index < -0.39 is 28.2 Å². The molecule has 52 heavy (non-hydrogen) atoms. The van der Waals surface area contributed by atoms with Crippen LogP contribution in [0, 0.1) is 18.8 Å². The van der Waals surface area contributed by atoms with E-state index in [2.05, 4.69) is 15.5 Å². The summed E-state index contributed by atoms with van der Waals surface area (Å²) in [5.41, 5.74) is 3.39. The molecule has 1 aromatic heterocycles. The van der Waals surface area contributed by atoms with Gasteiger partial charge in [0.05, 0.1) is 23.3 Å². The lowest BCUT2D eigenvalue weighted by Gasteiger charge is -2.35. The number of pyridine rings is 1. The van der Waals surface area contributed by atoms with Crippen molar-refractivity contribution in [2.45, 2.75) is 88.9 Å². The van der Waals surface area contributed by atoms with Crippen molar-refractivity contribution in [1.29, 1.82) is 0 Å². The smallest absolute Gasteiger partial charge is 0.321 e. The summed E-state index contributed by atoms with van der Waals surface area (Å²) in [6.45, 7) is 7.15. The van der Waals surface area contributed by atoms with Crippen molar-refractivity contribution in [1.82, 2.24) is 24.4 Å². The van der Waals surface area contributed by atoms with E-state index in [1.807, 2.05) is 57.2 Å². The Kier molecular flexibility index (Phi) is 13.4. The maximum absolute atomic E-state index is 14.4. The second kappa shape index (κ2) is 17.9. The Bertz CT molecular complexity index is 1770. The van der Waals surface area contributed by atoms with Crippen molar-refractivity contribution in [2.75, 3.05) is 26.2 Å². The van der Waals surface area contributed by atoms with E-state index in [-0.39, 0.29) is 48.2 Å². The van der Waals surface area contributed by atoms with E-state index in [0.717, 1.165) is 42.4 Å². The molecular formula is C39H52N6O6S. The van der Waals surface area contributed by atoms with Crippen LogP contribution in [-0.4, -0.2) is 100 Å². The standard InChI is InChI=1S/C39H52N6O6S/c1-4-28(2)37(45-21-20-43(39(45)48)26-33-24-40-19-18-29(33)3)38(47)42-35(22-30-10-6-5-7-11-30)36(46)27-44(25-32-12-8-9-13-32)52(50,51)34-16-14-31(15-17-34)23-41-49/h5-7,10-11,14-19,23-24,28,32,35-37,46,49H,4,8-9,12-13,20-22,25-27H2,1-3H3,(H,42,47)/t28-,35-,36+,37-/m0/s1. The van der Waals surface area contributed by atoms with Crippen LogP contribution >= 0.6 is 0 Å². The first-order chi connectivity index (χ1) is 25.0. The largest absolute Gasteiger partial charge is 0.411 e. The van der Waals surface area contributed by atoms with Crippen LogP contribution in [0.25, 0.3) is 0 Å². The van der Waals surface area contributed by atoms with Crippen LogP contribution < -0.4 is 5.32 Å². The van der Waals surface area contributed by atoms with Gasteiger partial charge >= 0.3 is 6.03 Å². The van der Waals surface area contributed by atoms with Crippen LogP contribution in [0.1, 0.15) is 68.2 Å². The second-order valence-corrected chi connectivity index (χ2v) is 16.1. The maximum atomic E-state index is 14.4. The van der Waals surface area contributed by atoms with Gasteiger partial charge < -0.3 is 25.4 Å². The molecule has 3 N–H and O–H groups in total. The van der Waals surface area contributed by atoms with Gasteiger partial charge in [-0.2, -0.15) is 4.31 Å². The maximum Gasteiger partial charge on any atom is 0.321 e. The highest BCUT2D eigenvalue weighted by Gasteiger charge is 2.41. The summed E-state index contributed by atoms with van der Waals surface area (Å²) in [7, 11) is -4.05. The first kappa shape index (κ1) is 38.9. The molecule has 2 heterocycles. The van der Waals surface area contributed by atoms with Gasteiger partial charge in [-0.25, -0.2) is 13.2 Å². The Morgan fingerprint density at radius 2 is 1.81 bits per heavy atom.